The molecule has 1 aliphatic carbocycles. The van der Waals surface area contributed by atoms with E-state index in [2.05, 4.69) is 33.1 Å². The highest BCUT2D eigenvalue weighted by atomic mass is 16.2. The maximum absolute atomic E-state index is 12.7. The quantitative estimate of drug-likeness (QED) is 0.785. The number of hydrogen-bond donors (Lipinski definition) is 1. The molecule has 1 N–H and O–H groups in total. The van der Waals surface area contributed by atoms with Crippen molar-refractivity contribution in [3.05, 3.63) is 66.0 Å². The molecular weight excluding hydrogens is 298 g/mol. The van der Waals surface area contributed by atoms with E-state index in [0.29, 0.717) is 6.54 Å². The van der Waals surface area contributed by atoms with E-state index in [-0.39, 0.29) is 11.3 Å². The summed E-state index contributed by atoms with van der Waals surface area (Å²) in [6.45, 7) is 3.37. The smallest absolute Gasteiger partial charge is 0.230 e. The van der Waals surface area contributed by atoms with E-state index in [1.54, 1.807) is 0 Å². The Morgan fingerprint density at radius 3 is 2.58 bits per heavy atom. The van der Waals surface area contributed by atoms with Gasteiger partial charge in [0.2, 0.25) is 5.91 Å². The minimum absolute atomic E-state index is 0.149. The topological polar surface area (TPSA) is 46.9 Å². The van der Waals surface area contributed by atoms with Crippen molar-refractivity contribution >= 4 is 16.9 Å². The van der Waals surface area contributed by atoms with Gasteiger partial charge in [-0.15, -0.1) is 0 Å². The molecule has 1 amide bonds. The lowest BCUT2D eigenvalue weighted by Gasteiger charge is -2.16. The molecule has 1 fully saturated rings. The molecule has 4 rings (SSSR count). The zero-order valence-electron chi connectivity index (χ0n) is 13.8. The molecule has 122 valence electrons. The number of aromatic nitrogens is 2. The van der Waals surface area contributed by atoms with E-state index in [9.17, 15) is 4.79 Å². The van der Waals surface area contributed by atoms with Crippen molar-refractivity contribution < 1.29 is 4.79 Å². The fourth-order valence-electron chi connectivity index (χ4n) is 3.46. The second kappa shape index (κ2) is 5.78. The number of fused-ring (bicyclic) bond motifs is 1. The van der Waals surface area contributed by atoms with E-state index >= 15 is 0 Å². The molecule has 1 heterocycles. The standard InChI is InChI=1S/C20H21N3O/c1-15-22-17-9-5-6-10-18(17)23(15)14-13-21-19(24)20(11-12-20)16-7-3-2-4-8-16/h2-10H,11-14H2,1H3,(H,21,24). The fraction of sp³-hybridized carbons (Fsp3) is 0.300. The van der Waals surface area contributed by atoms with Gasteiger partial charge in [0.1, 0.15) is 5.82 Å². The monoisotopic (exact) mass is 319 g/mol. The summed E-state index contributed by atoms with van der Waals surface area (Å²) in [5, 5.41) is 3.13. The van der Waals surface area contributed by atoms with E-state index in [0.717, 1.165) is 41.8 Å². The van der Waals surface area contributed by atoms with Gasteiger partial charge < -0.3 is 9.88 Å². The molecule has 0 saturated heterocycles. The summed E-state index contributed by atoms with van der Waals surface area (Å²) in [7, 11) is 0. The van der Waals surface area contributed by atoms with Crippen LogP contribution in [0.15, 0.2) is 54.6 Å². The number of carbonyl (C=O) groups excluding carboxylic acids is 1. The lowest BCUT2D eigenvalue weighted by Crippen LogP contribution is -2.36. The minimum Gasteiger partial charge on any atom is -0.354 e. The second-order valence-electron chi connectivity index (χ2n) is 6.50. The number of hydrogen-bond acceptors (Lipinski definition) is 2. The molecule has 0 bridgehead atoms. The third-order valence-corrected chi connectivity index (χ3v) is 4.98. The molecule has 1 saturated carbocycles. The SMILES string of the molecule is Cc1nc2ccccc2n1CCNC(=O)C1(c2ccccc2)CC1. The number of aryl methyl sites for hydroxylation is 1. The number of nitrogens with zero attached hydrogens (tertiary/aromatic N) is 2. The van der Waals surface area contributed by atoms with Crippen molar-refractivity contribution in [1.29, 1.82) is 0 Å². The van der Waals surface area contributed by atoms with Gasteiger partial charge in [0.05, 0.1) is 16.4 Å². The van der Waals surface area contributed by atoms with Gasteiger partial charge in [-0.3, -0.25) is 4.79 Å². The number of carbonyl (C=O) groups is 1. The Bertz CT molecular complexity index is 878. The summed E-state index contributed by atoms with van der Waals surface area (Å²) in [5.74, 6) is 1.13. The van der Waals surface area contributed by atoms with Crippen LogP contribution in [0.1, 0.15) is 24.2 Å². The summed E-state index contributed by atoms with van der Waals surface area (Å²) in [5.41, 5.74) is 2.96. The van der Waals surface area contributed by atoms with Crippen LogP contribution in [-0.2, 0) is 16.8 Å². The van der Waals surface area contributed by atoms with E-state index in [1.165, 1.54) is 0 Å². The number of rotatable bonds is 5. The second-order valence-corrected chi connectivity index (χ2v) is 6.50. The average Bonchev–Trinajstić information content (AvgIpc) is 3.36. The zero-order valence-corrected chi connectivity index (χ0v) is 13.8. The molecule has 0 radical (unpaired) electrons. The summed E-state index contributed by atoms with van der Waals surface area (Å²) >= 11 is 0. The number of nitrogens with one attached hydrogen (secondary N) is 1. The minimum atomic E-state index is -0.298. The number of benzene rings is 2. The third-order valence-electron chi connectivity index (χ3n) is 4.98. The molecule has 1 aromatic heterocycles. The summed E-state index contributed by atoms with van der Waals surface area (Å²) in [4.78, 5) is 17.2. The maximum Gasteiger partial charge on any atom is 0.230 e. The first-order chi connectivity index (χ1) is 11.7. The van der Waals surface area contributed by atoms with E-state index in [4.69, 9.17) is 0 Å². The predicted molar refractivity (Wildman–Crippen MR) is 94.8 cm³/mol. The Morgan fingerprint density at radius 1 is 1.12 bits per heavy atom. The summed E-state index contributed by atoms with van der Waals surface area (Å²) in [6, 6.07) is 18.2. The van der Waals surface area contributed by atoms with Gasteiger partial charge >= 0.3 is 0 Å². The Hall–Kier alpha value is -2.62. The molecule has 2 aromatic carbocycles. The van der Waals surface area contributed by atoms with Crippen molar-refractivity contribution in [2.45, 2.75) is 31.7 Å². The van der Waals surface area contributed by atoms with Crippen molar-refractivity contribution in [1.82, 2.24) is 14.9 Å². The molecule has 1 aliphatic rings. The van der Waals surface area contributed by atoms with Gasteiger partial charge in [-0.25, -0.2) is 4.98 Å². The first kappa shape index (κ1) is 14.9. The van der Waals surface area contributed by atoms with Crippen molar-refractivity contribution in [2.24, 2.45) is 0 Å². The Balaban J connectivity index is 1.44. The van der Waals surface area contributed by atoms with Crippen molar-refractivity contribution in [2.75, 3.05) is 6.54 Å². The van der Waals surface area contributed by atoms with Gasteiger partial charge in [-0.05, 0) is 37.5 Å². The predicted octanol–water partition coefficient (Wildman–Crippen LogP) is 3.19. The molecule has 4 nitrogen and oxygen atoms in total. The highest BCUT2D eigenvalue weighted by Gasteiger charge is 2.50. The number of amides is 1. The van der Waals surface area contributed by atoms with Crippen LogP contribution in [0.2, 0.25) is 0 Å². The van der Waals surface area contributed by atoms with Gasteiger partial charge in [0.25, 0.3) is 0 Å². The molecule has 0 atom stereocenters. The molecule has 3 aromatic rings. The van der Waals surface area contributed by atoms with Crippen LogP contribution >= 0.6 is 0 Å². The van der Waals surface area contributed by atoms with Crippen LogP contribution < -0.4 is 5.32 Å². The van der Waals surface area contributed by atoms with E-state index in [1.807, 2.05) is 43.3 Å². The van der Waals surface area contributed by atoms with Crippen LogP contribution in [0.3, 0.4) is 0 Å². The maximum atomic E-state index is 12.7. The van der Waals surface area contributed by atoms with Gasteiger partial charge in [0, 0.05) is 13.1 Å². The first-order valence-corrected chi connectivity index (χ1v) is 8.46. The van der Waals surface area contributed by atoms with Crippen LogP contribution in [0, 0.1) is 6.92 Å². The average molecular weight is 319 g/mol. The third kappa shape index (κ3) is 2.48. The van der Waals surface area contributed by atoms with Crippen LogP contribution in [0.5, 0.6) is 0 Å². The summed E-state index contributed by atoms with van der Waals surface area (Å²) in [6.07, 6.45) is 1.88. The lowest BCUT2D eigenvalue weighted by atomic mass is 9.95. The molecular formula is C20H21N3O. The van der Waals surface area contributed by atoms with Crippen molar-refractivity contribution in [3.63, 3.8) is 0 Å². The Morgan fingerprint density at radius 2 is 1.83 bits per heavy atom. The van der Waals surface area contributed by atoms with Gasteiger partial charge in [-0.2, -0.15) is 0 Å². The molecule has 0 aliphatic heterocycles. The molecule has 0 unspecified atom stereocenters. The first-order valence-electron chi connectivity index (χ1n) is 8.46. The Kier molecular flexibility index (Phi) is 3.60. The Labute approximate surface area is 141 Å². The highest BCUT2D eigenvalue weighted by molar-refractivity contribution is 5.91. The largest absolute Gasteiger partial charge is 0.354 e. The van der Waals surface area contributed by atoms with Gasteiger partial charge in [-0.1, -0.05) is 42.5 Å². The number of imidazole rings is 1. The lowest BCUT2D eigenvalue weighted by molar-refractivity contribution is -0.123. The normalized spacial score (nSPS) is 15.4. The van der Waals surface area contributed by atoms with Crippen LogP contribution in [0.25, 0.3) is 11.0 Å². The van der Waals surface area contributed by atoms with Crippen molar-refractivity contribution in [3.8, 4) is 0 Å². The zero-order chi connectivity index (χ0) is 16.6. The molecule has 0 spiro atoms. The molecule has 24 heavy (non-hydrogen) atoms. The highest BCUT2D eigenvalue weighted by Crippen LogP contribution is 2.48. The summed E-state index contributed by atoms with van der Waals surface area (Å²) < 4.78 is 2.16. The fourth-order valence-corrected chi connectivity index (χ4v) is 3.46. The van der Waals surface area contributed by atoms with E-state index < -0.39 is 0 Å². The molecule has 4 heteroatoms. The number of para-hydroxylation sites is 2. The van der Waals surface area contributed by atoms with Crippen LogP contribution in [-0.4, -0.2) is 22.0 Å². The van der Waals surface area contributed by atoms with Crippen LogP contribution in [0.4, 0.5) is 0 Å². The van der Waals surface area contributed by atoms with Gasteiger partial charge in [0.15, 0.2) is 0 Å².